The van der Waals surface area contributed by atoms with Crippen LogP contribution in [0, 0.1) is 13.8 Å². The van der Waals surface area contributed by atoms with Crippen molar-refractivity contribution in [3.05, 3.63) is 82.3 Å². The lowest BCUT2D eigenvalue weighted by molar-refractivity contribution is 0.0950. The summed E-state index contributed by atoms with van der Waals surface area (Å²) >= 11 is 0. The van der Waals surface area contributed by atoms with Crippen molar-refractivity contribution in [3.8, 4) is 5.75 Å². The van der Waals surface area contributed by atoms with Gasteiger partial charge in [-0.05, 0) is 93.1 Å². The number of benzene rings is 2. The van der Waals surface area contributed by atoms with E-state index < -0.39 is 10.0 Å². The van der Waals surface area contributed by atoms with Gasteiger partial charge >= 0.3 is 0 Å². The van der Waals surface area contributed by atoms with Gasteiger partial charge in [0.1, 0.15) is 17.8 Å². The maximum absolute atomic E-state index is 13.8. The second kappa shape index (κ2) is 11.5. The van der Waals surface area contributed by atoms with Gasteiger partial charge in [0.15, 0.2) is 0 Å². The number of methoxy groups -OCH3 is 1. The molecule has 8 nitrogen and oxygen atoms in total. The lowest BCUT2D eigenvalue weighted by Gasteiger charge is -2.23. The van der Waals surface area contributed by atoms with Crippen molar-refractivity contribution in [2.24, 2.45) is 0 Å². The number of ether oxygens (including phenoxy) is 1. The van der Waals surface area contributed by atoms with Crippen molar-refractivity contribution in [2.75, 3.05) is 20.2 Å². The van der Waals surface area contributed by atoms with Crippen LogP contribution in [0.1, 0.15) is 64.1 Å². The highest BCUT2D eigenvalue weighted by atomic mass is 32.2. The Labute approximate surface area is 231 Å². The fourth-order valence-corrected chi connectivity index (χ4v) is 7.45. The first-order chi connectivity index (χ1) is 18.7. The van der Waals surface area contributed by atoms with Crippen LogP contribution in [0.2, 0.25) is 0 Å². The van der Waals surface area contributed by atoms with Gasteiger partial charge in [0, 0.05) is 19.1 Å². The molecule has 2 heterocycles. The molecule has 1 aromatic heterocycles. The van der Waals surface area contributed by atoms with Crippen molar-refractivity contribution in [1.29, 1.82) is 0 Å². The maximum atomic E-state index is 13.8. The van der Waals surface area contributed by atoms with E-state index in [1.165, 1.54) is 29.0 Å². The lowest BCUT2D eigenvalue weighted by Crippen LogP contribution is -2.33. The van der Waals surface area contributed by atoms with E-state index in [0.29, 0.717) is 39.6 Å². The van der Waals surface area contributed by atoms with E-state index >= 15 is 0 Å². The third-order valence-corrected chi connectivity index (χ3v) is 9.67. The molecule has 0 atom stereocenters. The van der Waals surface area contributed by atoms with Gasteiger partial charge < -0.3 is 14.5 Å². The van der Waals surface area contributed by atoms with Gasteiger partial charge in [-0.15, -0.1) is 0 Å². The van der Waals surface area contributed by atoms with Crippen LogP contribution in [0.25, 0.3) is 0 Å². The van der Waals surface area contributed by atoms with Crippen molar-refractivity contribution < 1.29 is 22.4 Å². The first-order valence-corrected chi connectivity index (χ1v) is 15.0. The zero-order valence-corrected chi connectivity index (χ0v) is 23.7. The Morgan fingerprint density at radius 1 is 1.08 bits per heavy atom. The molecule has 1 aliphatic carbocycles. The van der Waals surface area contributed by atoms with Gasteiger partial charge in [0.2, 0.25) is 10.0 Å². The average Bonchev–Trinajstić information content (AvgIpc) is 3.39. The van der Waals surface area contributed by atoms with Crippen LogP contribution in [0.4, 0.5) is 0 Å². The Morgan fingerprint density at radius 3 is 2.44 bits per heavy atom. The highest BCUT2D eigenvalue weighted by Crippen LogP contribution is 2.36. The Kier molecular flexibility index (Phi) is 8.11. The summed E-state index contributed by atoms with van der Waals surface area (Å²) in [5.74, 6) is 0.812. The molecule has 0 unspecified atom stereocenters. The molecule has 39 heavy (non-hydrogen) atoms. The molecule has 1 saturated heterocycles. The molecule has 2 fully saturated rings. The number of likely N-dealkylation sites (tertiary alicyclic amines) is 1. The summed E-state index contributed by atoms with van der Waals surface area (Å²) in [5, 5.41) is 2.96. The van der Waals surface area contributed by atoms with Crippen LogP contribution in [-0.2, 0) is 29.7 Å². The van der Waals surface area contributed by atoms with Gasteiger partial charge in [-0.25, -0.2) is 8.42 Å². The zero-order chi connectivity index (χ0) is 27.6. The number of hydrogen-bond donors (Lipinski definition) is 1. The number of carbonyl (C=O) groups is 1. The summed E-state index contributed by atoms with van der Waals surface area (Å²) < 4.78 is 40.0. The molecule has 0 spiro atoms. The van der Waals surface area contributed by atoms with E-state index in [4.69, 9.17) is 9.15 Å². The monoisotopic (exact) mass is 551 g/mol. The van der Waals surface area contributed by atoms with E-state index in [1.807, 2.05) is 12.1 Å². The highest BCUT2D eigenvalue weighted by molar-refractivity contribution is 7.89. The minimum Gasteiger partial charge on any atom is -0.497 e. The average molecular weight is 552 g/mol. The van der Waals surface area contributed by atoms with Crippen LogP contribution in [0.3, 0.4) is 0 Å². The smallest absolute Gasteiger partial charge is 0.254 e. The fraction of sp³-hybridized carbons (Fsp3) is 0.433. The summed E-state index contributed by atoms with van der Waals surface area (Å²) in [6.07, 6.45) is 5.52. The molecule has 3 aromatic rings. The minimum atomic E-state index is -3.78. The molecule has 1 amide bonds. The first-order valence-electron chi connectivity index (χ1n) is 13.6. The number of nitrogens with one attached hydrogen (secondary N) is 1. The number of sulfonamides is 1. The summed E-state index contributed by atoms with van der Waals surface area (Å²) in [4.78, 5) is 15.6. The summed E-state index contributed by atoms with van der Waals surface area (Å²) in [6.45, 7) is 7.26. The molecule has 208 valence electrons. The lowest BCUT2D eigenvalue weighted by atomic mass is 10.1. The summed E-state index contributed by atoms with van der Waals surface area (Å²) in [6, 6.07) is 13.3. The molecule has 0 radical (unpaired) electrons. The summed E-state index contributed by atoms with van der Waals surface area (Å²) in [7, 11) is -2.21. The van der Waals surface area contributed by atoms with Gasteiger partial charge in [-0.1, -0.05) is 24.3 Å². The Morgan fingerprint density at radius 2 is 1.77 bits per heavy atom. The highest BCUT2D eigenvalue weighted by Gasteiger charge is 2.40. The number of furan rings is 1. The summed E-state index contributed by atoms with van der Waals surface area (Å²) in [5.41, 5.74) is 3.95. The normalized spacial score (nSPS) is 16.1. The maximum Gasteiger partial charge on any atom is 0.254 e. The molecule has 5 rings (SSSR count). The van der Waals surface area contributed by atoms with Crippen LogP contribution >= 0.6 is 0 Å². The van der Waals surface area contributed by atoms with Crippen molar-refractivity contribution in [1.82, 2.24) is 14.5 Å². The molecule has 1 N–H and O–H groups in total. The van der Waals surface area contributed by atoms with Gasteiger partial charge in [0.05, 0.1) is 24.1 Å². The predicted molar refractivity (Wildman–Crippen MR) is 149 cm³/mol. The Hall–Kier alpha value is -3.14. The third-order valence-electron chi connectivity index (χ3n) is 7.47. The number of carbonyl (C=O) groups excluding carboxylic acids is 1. The van der Waals surface area contributed by atoms with Gasteiger partial charge in [0.25, 0.3) is 5.91 Å². The number of nitrogens with zero attached hydrogens (tertiary/aromatic N) is 2. The van der Waals surface area contributed by atoms with E-state index in [-0.39, 0.29) is 18.5 Å². The molecular weight excluding hydrogens is 514 g/mol. The Balaban J connectivity index is 1.24. The quantitative estimate of drug-likeness (QED) is 0.369. The third kappa shape index (κ3) is 6.37. The second-order valence-corrected chi connectivity index (χ2v) is 12.5. The second-order valence-electron chi connectivity index (χ2n) is 10.7. The molecule has 2 aliphatic rings. The molecule has 2 aromatic carbocycles. The zero-order valence-electron chi connectivity index (χ0n) is 22.9. The molecular formula is C30H37N3O5S. The number of rotatable bonds is 11. The number of amides is 1. The van der Waals surface area contributed by atoms with E-state index in [2.05, 4.69) is 22.3 Å². The van der Waals surface area contributed by atoms with Crippen LogP contribution < -0.4 is 10.1 Å². The first kappa shape index (κ1) is 27.4. The van der Waals surface area contributed by atoms with Gasteiger partial charge in [-0.2, -0.15) is 4.31 Å². The topological polar surface area (TPSA) is 92.1 Å². The molecule has 1 aliphatic heterocycles. The van der Waals surface area contributed by atoms with Crippen LogP contribution in [0.15, 0.2) is 58.0 Å². The molecule has 1 saturated carbocycles. The van der Waals surface area contributed by atoms with E-state index in [1.54, 1.807) is 39.2 Å². The number of aryl methyl sites for hydroxylation is 2. The van der Waals surface area contributed by atoms with Crippen molar-refractivity contribution in [3.63, 3.8) is 0 Å². The predicted octanol–water partition coefficient (Wildman–Crippen LogP) is 4.78. The number of hydrogen-bond acceptors (Lipinski definition) is 6. The van der Waals surface area contributed by atoms with E-state index in [9.17, 15) is 13.2 Å². The van der Waals surface area contributed by atoms with Crippen molar-refractivity contribution in [2.45, 2.75) is 70.1 Å². The minimum absolute atomic E-state index is 0.0731. The molecule has 9 heteroatoms. The van der Waals surface area contributed by atoms with E-state index in [0.717, 1.165) is 38.0 Å². The van der Waals surface area contributed by atoms with Gasteiger partial charge in [-0.3, -0.25) is 9.69 Å². The van der Waals surface area contributed by atoms with Crippen molar-refractivity contribution >= 4 is 15.9 Å². The SMILES string of the molecule is COc1cc(C)c(S(=O)(=O)N(Cc2cc(C(=O)NCc3cccc(CN4CCCC4)c3)co2)C2CC2)c(C)c1. The standard InChI is InChI=1S/C30H37N3O5S/c1-21-13-27(37-3)14-22(2)29(21)39(35,36)33(26-9-10-26)19-28-16-25(20-38-28)30(34)31-17-23-7-6-8-24(15-23)18-32-11-4-5-12-32/h6-8,13-16,20,26H,4-5,9-12,17-19H2,1-3H3,(H,31,34). The fourth-order valence-electron chi connectivity index (χ4n) is 5.38. The van der Waals surface area contributed by atoms with Crippen LogP contribution in [0.5, 0.6) is 5.75 Å². The molecule has 0 bridgehead atoms. The largest absolute Gasteiger partial charge is 0.497 e. The Bertz CT molecular complexity index is 1420. The van der Waals surface area contributed by atoms with Crippen LogP contribution in [-0.4, -0.2) is 49.8 Å².